The Morgan fingerprint density at radius 2 is 2.40 bits per heavy atom. The zero-order valence-electron chi connectivity index (χ0n) is 9.53. The first kappa shape index (κ1) is 11.3. The average Bonchev–Trinajstić information content (AvgIpc) is 2.78. The van der Waals surface area contributed by atoms with Crippen LogP contribution in [0.3, 0.4) is 0 Å². The Morgan fingerprint density at radius 1 is 1.60 bits per heavy atom. The molecule has 2 aliphatic heterocycles. The van der Waals surface area contributed by atoms with Gasteiger partial charge in [0, 0.05) is 11.8 Å². The molecule has 0 radical (unpaired) electrons. The van der Waals surface area contributed by atoms with Crippen molar-refractivity contribution in [1.82, 2.24) is 10.2 Å². The molecule has 0 aromatic rings. The Bertz CT molecular complexity index is 241. The third-order valence-electron chi connectivity index (χ3n) is 3.26. The van der Waals surface area contributed by atoms with E-state index in [1.54, 1.807) is 0 Å². The third kappa shape index (κ3) is 2.16. The number of thioether (sulfide) groups is 1. The lowest BCUT2D eigenvalue weighted by atomic mass is 10.2. The van der Waals surface area contributed by atoms with E-state index in [4.69, 9.17) is 0 Å². The Kier molecular flexibility index (Phi) is 3.57. The lowest BCUT2D eigenvalue weighted by Crippen LogP contribution is -2.44. The zero-order valence-corrected chi connectivity index (χ0v) is 10.3. The van der Waals surface area contributed by atoms with E-state index in [0.717, 1.165) is 18.6 Å². The summed E-state index contributed by atoms with van der Waals surface area (Å²) in [5.41, 5.74) is 0. The smallest absolute Gasteiger partial charge is 0.241 e. The molecule has 15 heavy (non-hydrogen) atoms. The summed E-state index contributed by atoms with van der Waals surface area (Å²) in [6.45, 7) is 4.16. The van der Waals surface area contributed by atoms with E-state index in [1.807, 2.05) is 18.7 Å². The van der Waals surface area contributed by atoms with Crippen LogP contribution < -0.4 is 5.32 Å². The molecule has 0 aromatic heterocycles. The summed E-state index contributed by atoms with van der Waals surface area (Å²) < 4.78 is 0. The van der Waals surface area contributed by atoms with E-state index in [9.17, 15) is 4.79 Å². The van der Waals surface area contributed by atoms with Gasteiger partial charge in [-0.15, -0.1) is 0 Å². The normalized spacial score (nSPS) is 36.5. The van der Waals surface area contributed by atoms with Crippen molar-refractivity contribution >= 4 is 17.7 Å². The second kappa shape index (κ2) is 4.74. The number of nitrogens with one attached hydrogen (secondary N) is 1. The fourth-order valence-electron chi connectivity index (χ4n) is 2.49. The van der Waals surface area contributed by atoms with Crippen LogP contribution in [0.2, 0.25) is 0 Å². The monoisotopic (exact) mass is 228 g/mol. The molecule has 1 amide bonds. The zero-order chi connectivity index (χ0) is 10.8. The number of amides is 1. The molecular formula is C11H20N2OS. The molecule has 3 unspecified atom stereocenters. The molecule has 0 aromatic carbocycles. The highest BCUT2D eigenvalue weighted by atomic mass is 32.2. The molecule has 2 aliphatic rings. The van der Waals surface area contributed by atoms with Gasteiger partial charge in [-0.3, -0.25) is 10.1 Å². The number of hydrogen-bond donors (Lipinski definition) is 1. The van der Waals surface area contributed by atoms with Gasteiger partial charge in [0.1, 0.15) is 0 Å². The van der Waals surface area contributed by atoms with Crippen molar-refractivity contribution in [3.63, 3.8) is 0 Å². The second-order valence-corrected chi connectivity index (χ2v) is 5.61. The minimum absolute atomic E-state index is 0.0205. The fraction of sp³-hybridized carbons (Fsp3) is 0.909. The first-order valence-corrected chi connectivity index (χ1v) is 7.05. The fourth-order valence-corrected chi connectivity index (χ4v) is 3.69. The molecular weight excluding hydrogens is 208 g/mol. The molecule has 0 spiro atoms. The van der Waals surface area contributed by atoms with E-state index in [-0.39, 0.29) is 6.04 Å². The summed E-state index contributed by atoms with van der Waals surface area (Å²) >= 11 is 1.97. The highest BCUT2D eigenvalue weighted by molar-refractivity contribution is 7.99. The van der Waals surface area contributed by atoms with Crippen molar-refractivity contribution in [2.75, 3.05) is 11.5 Å². The molecule has 2 saturated heterocycles. The molecule has 2 fully saturated rings. The third-order valence-corrected chi connectivity index (χ3v) is 4.41. The quantitative estimate of drug-likeness (QED) is 0.793. The Hall–Kier alpha value is -0.220. The lowest BCUT2D eigenvalue weighted by molar-refractivity contribution is -0.131. The summed E-state index contributed by atoms with van der Waals surface area (Å²) in [6, 6.07) is 0.503. The molecule has 2 heterocycles. The molecule has 0 bridgehead atoms. The molecule has 86 valence electrons. The largest absolute Gasteiger partial charge is 0.322 e. The van der Waals surface area contributed by atoms with Gasteiger partial charge in [0.2, 0.25) is 5.91 Å². The van der Waals surface area contributed by atoms with Crippen molar-refractivity contribution in [3.8, 4) is 0 Å². The average molecular weight is 228 g/mol. The van der Waals surface area contributed by atoms with Crippen LogP contribution in [0.4, 0.5) is 0 Å². The van der Waals surface area contributed by atoms with Crippen LogP contribution in [0.15, 0.2) is 0 Å². The minimum Gasteiger partial charge on any atom is -0.322 e. The number of rotatable bonds is 3. The topological polar surface area (TPSA) is 32.3 Å². The minimum atomic E-state index is 0.0205. The number of hydrogen-bond acceptors (Lipinski definition) is 3. The first-order valence-electron chi connectivity index (χ1n) is 5.90. The maximum absolute atomic E-state index is 12.0. The van der Waals surface area contributed by atoms with E-state index < -0.39 is 0 Å². The van der Waals surface area contributed by atoms with Gasteiger partial charge in [-0.05, 0) is 25.5 Å². The van der Waals surface area contributed by atoms with Crippen molar-refractivity contribution in [2.45, 2.75) is 51.4 Å². The predicted molar refractivity (Wildman–Crippen MR) is 63.9 cm³/mol. The first-order chi connectivity index (χ1) is 7.24. The van der Waals surface area contributed by atoms with E-state index in [2.05, 4.69) is 17.1 Å². The summed E-state index contributed by atoms with van der Waals surface area (Å²) in [7, 11) is 0. The molecule has 3 atom stereocenters. The van der Waals surface area contributed by atoms with Crippen molar-refractivity contribution < 1.29 is 4.79 Å². The van der Waals surface area contributed by atoms with Crippen molar-refractivity contribution in [1.29, 1.82) is 0 Å². The van der Waals surface area contributed by atoms with Crippen LogP contribution in [0, 0.1) is 0 Å². The van der Waals surface area contributed by atoms with Gasteiger partial charge in [0.05, 0.1) is 12.2 Å². The molecule has 2 rings (SSSR count). The van der Waals surface area contributed by atoms with Gasteiger partial charge in [-0.25, -0.2) is 0 Å². The standard InChI is InChI=1S/C11H20N2OS/c1-3-4-10-12-8(2)11(14)13(10)9-5-6-15-7-9/h8-10,12H,3-7H2,1-2H3. The summed E-state index contributed by atoms with van der Waals surface area (Å²) in [5, 5.41) is 3.40. The highest BCUT2D eigenvalue weighted by Gasteiger charge is 2.40. The molecule has 0 aliphatic carbocycles. The molecule has 4 heteroatoms. The SMILES string of the molecule is CCCC1NC(C)C(=O)N1C1CCSC1. The van der Waals surface area contributed by atoms with Gasteiger partial charge in [0.25, 0.3) is 0 Å². The lowest BCUT2D eigenvalue weighted by Gasteiger charge is -2.29. The number of nitrogens with zero attached hydrogens (tertiary/aromatic N) is 1. The van der Waals surface area contributed by atoms with E-state index in [1.165, 1.54) is 12.2 Å². The van der Waals surface area contributed by atoms with Gasteiger partial charge >= 0.3 is 0 Å². The Balaban J connectivity index is 2.06. The summed E-state index contributed by atoms with van der Waals surface area (Å²) in [6.07, 6.45) is 3.68. The van der Waals surface area contributed by atoms with Crippen LogP contribution >= 0.6 is 11.8 Å². The molecule has 1 N–H and O–H groups in total. The van der Waals surface area contributed by atoms with Crippen LogP contribution in [0.25, 0.3) is 0 Å². The van der Waals surface area contributed by atoms with Crippen molar-refractivity contribution in [2.24, 2.45) is 0 Å². The number of carbonyl (C=O) groups excluding carboxylic acids is 1. The summed E-state index contributed by atoms with van der Waals surface area (Å²) in [4.78, 5) is 14.2. The van der Waals surface area contributed by atoms with Gasteiger partial charge < -0.3 is 4.90 Å². The maximum atomic E-state index is 12.0. The molecule has 3 nitrogen and oxygen atoms in total. The van der Waals surface area contributed by atoms with Gasteiger partial charge in [0.15, 0.2) is 0 Å². The van der Waals surface area contributed by atoms with Crippen LogP contribution in [0.5, 0.6) is 0 Å². The summed E-state index contributed by atoms with van der Waals surface area (Å²) in [5.74, 6) is 2.64. The van der Waals surface area contributed by atoms with Crippen LogP contribution in [-0.2, 0) is 4.79 Å². The van der Waals surface area contributed by atoms with Gasteiger partial charge in [-0.2, -0.15) is 11.8 Å². The predicted octanol–water partition coefficient (Wildman–Crippen LogP) is 1.44. The van der Waals surface area contributed by atoms with E-state index in [0.29, 0.717) is 18.1 Å². The van der Waals surface area contributed by atoms with E-state index >= 15 is 0 Å². The van der Waals surface area contributed by atoms with Crippen LogP contribution in [-0.4, -0.2) is 40.6 Å². The second-order valence-electron chi connectivity index (χ2n) is 4.46. The van der Waals surface area contributed by atoms with Gasteiger partial charge in [-0.1, -0.05) is 13.3 Å². The Labute approximate surface area is 96.0 Å². The maximum Gasteiger partial charge on any atom is 0.241 e. The Morgan fingerprint density at radius 3 is 3.00 bits per heavy atom. The number of carbonyl (C=O) groups is 1. The highest BCUT2D eigenvalue weighted by Crippen LogP contribution is 2.27. The van der Waals surface area contributed by atoms with Crippen LogP contribution in [0.1, 0.15) is 33.1 Å². The molecule has 0 saturated carbocycles. The van der Waals surface area contributed by atoms with Crippen molar-refractivity contribution in [3.05, 3.63) is 0 Å².